The van der Waals surface area contributed by atoms with Crippen LogP contribution in [0.5, 0.6) is 11.5 Å². The van der Waals surface area contributed by atoms with Crippen LogP contribution in [0, 0.1) is 15.9 Å². The van der Waals surface area contributed by atoms with Crippen molar-refractivity contribution < 1.29 is 36.8 Å². The molecular weight excluding hydrogens is 574 g/mol. The van der Waals surface area contributed by atoms with Crippen LogP contribution in [0.3, 0.4) is 0 Å². The predicted molar refractivity (Wildman–Crippen MR) is 149 cm³/mol. The molecule has 1 aliphatic heterocycles. The Morgan fingerprint density at radius 1 is 0.953 bits per heavy atom. The highest BCUT2D eigenvalue weighted by Gasteiger charge is 2.38. The molecule has 0 bridgehead atoms. The van der Waals surface area contributed by atoms with Crippen molar-refractivity contribution in [2.45, 2.75) is 44.0 Å². The van der Waals surface area contributed by atoms with E-state index in [0.29, 0.717) is 57.6 Å². The van der Waals surface area contributed by atoms with Crippen LogP contribution in [0.25, 0.3) is 0 Å². The van der Waals surface area contributed by atoms with E-state index in [9.17, 15) is 32.5 Å². The topological polar surface area (TPSA) is 110 Å². The van der Waals surface area contributed by atoms with Crippen LogP contribution >= 0.6 is 0 Å². The highest BCUT2D eigenvalue weighted by molar-refractivity contribution is 5.71. The summed E-state index contributed by atoms with van der Waals surface area (Å²) in [6.07, 6.45) is 0.527. The molecule has 0 atom stereocenters. The van der Waals surface area contributed by atoms with Gasteiger partial charge >= 0.3 is 12.3 Å². The maximum Gasteiger partial charge on any atom is 0.423 e. The molecule has 2 aliphatic rings. The number of nitrogens with zero attached hydrogens (tertiary/aromatic N) is 4. The largest absolute Gasteiger partial charge is 0.489 e. The Bertz CT molecular complexity index is 1440. The quantitative estimate of drug-likeness (QED) is 0.191. The van der Waals surface area contributed by atoms with E-state index < -0.39 is 34.3 Å². The monoisotopic (exact) mass is 603 g/mol. The van der Waals surface area contributed by atoms with E-state index in [1.54, 1.807) is 17.3 Å². The van der Waals surface area contributed by atoms with Crippen molar-refractivity contribution >= 4 is 23.2 Å². The summed E-state index contributed by atoms with van der Waals surface area (Å²) in [5.74, 6) is 0.454. The number of hydrogen-bond acceptors (Lipinski definition) is 8. The van der Waals surface area contributed by atoms with Crippen molar-refractivity contribution in [3.63, 3.8) is 0 Å². The molecule has 3 aromatic rings. The molecular formula is C29H29F4N5O5. The number of aromatic nitrogens is 1. The van der Waals surface area contributed by atoms with Gasteiger partial charge in [-0.05, 0) is 62.1 Å². The average molecular weight is 604 g/mol. The second-order valence-electron chi connectivity index (χ2n) is 10.4. The zero-order chi connectivity index (χ0) is 30.6. The smallest absolute Gasteiger partial charge is 0.423 e. The van der Waals surface area contributed by atoms with E-state index >= 15 is 0 Å². The summed E-state index contributed by atoms with van der Waals surface area (Å²) in [5.41, 5.74) is -1.23. The zero-order valence-electron chi connectivity index (χ0n) is 22.9. The molecule has 0 unspecified atom stereocenters. The first-order valence-corrected chi connectivity index (χ1v) is 13.8. The summed E-state index contributed by atoms with van der Waals surface area (Å²) in [4.78, 5) is 30.4. The predicted octanol–water partition coefficient (Wildman–Crippen LogP) is 6.27. The molecule has 2 fully saturated rings. The molecule has 14 heteroatoms. The zero-order valence-corrected chi connectivity index (χ0v) is 22.9. The minimum Gasteiger partial charge on any atom is -0.489 e. The molecule has 2 heterocycles. The van der Waals surface area contributed by atoms with E-state index in [2.05, 4.69) is 15.2 Å². The SMILES string of the molecule is O=C(Oc1ccc(F)cc1)N1CCN(c2cncc(O[C@H]3CC[C@H](Nc4ccc([N+](=O)[O-])c(C(F)(F)F)c4)CC3)c2)CC1. The summed E-state index contributed by atoms with van der Waals surface area (Å²) < 4.78 is 64.5. The highest BCUT2D eigenvalue weighted by Crippen LogP contribution is 2.38. The summed E-state index contributed by atoms with van der Waals surface area (Å²) in [6.45, 7) is 1.97. The number of hydrogen-bond donors (Lipinski definition) is 1. The number of benzene rings is 2. The van der Waals surface area contributed by atoms with Crippen molar-refractivity contribution in [2.75, 3.05) is 36.4 Å². The van der Waals surface area contributed by atoms with E-state index in [1.165, 1.54) is 30.3 Å². The van der Waals surface area contributed by atoms with Crippen molar-refractivity contribution in [1.82, 2.24) is 9.88 Å². The van der Waals surface area contributed by atoms with Crippen LogP contribution in [-0.4, -0.2) is 59.2 Å². The number of amides is 1. The van der Waals surface area contributed by atoms with Crippen molar-refractivity contribution in [1.29, 1.82) is 0 Å². The van der Waals surface area contributed by atoms with Gasteiger partial charge in [-0.25, -0.2) is 9.18 Å². The lowest BCUT2D eigenvalue weighted by Gasteiger charge is -2.35. The molecule has 5 rings (SSSR count). The van der Waals surface area contributed by atoms with Gasteiger partial charge in [-0.15, -0.1) is 0 Å². The number of anilines is 2. The number of rotatable bonds is 7. The Morgan fingerprint density at radius 3 is 2.30 bits per heavy atom. The van der Waals surface area contributed by atoms with Gasteiger partial charge in [0.05, 0.1) is 29.1 Å². The van der Waals surface area contributed by atoms with Crippen LogP contribution in [-0.2, 0) is 6.18 Å². The minimum atomic E-state index is -4.83. The normalized spacial score (nSPS) is 19.1. The fraction of sp³-hybridized carbons (Fsp3) is 0.379. The lowest BCUT2D eigenvalue weighted by molar-refractivity contribution is -0.388. The number of halogens is 4. The first kappa shape index (κ1) is 29.9. The number of piperazine rings is 1. The van der Waals surface area contributed by atoms with Crippen molar-refractivity contribution in [3.05, 3.63) is 82.4 Å². The Morgan fingerprint density at radius 2 is 1.65 bits per heavy atom. The van der Waals surface area contributed by atoms with E-state index in [1.807, 2.05) is 6.07 Å². The number of ether oxygens (including phenoxy) is 2. The third-order valence-electron chi connectivity index (χ3n) is 7.47. The number of carbonyl (C=O) groups is 1. The molecule has 1 amide bonds. The van der Waals surface area contributed by atoms with Gasteiger partial charge in [0.2, 0.25) is 0 Å². The number of pyridine rings is 1. The lowest BCUT2D eigenvalue weighted by atomic mass is 9.92. The molecule has 1 saturated heterocycles. The van der Waals surface area contributed by atoms with Crippen LogP contribution in [0.2, 0.25) is 0 Å². The fourth-order valence-corrected chi connectivity index (χ4v) is 5.23. The van der Waals surface area contributed by atoms with Crippen LogP contribution in [0.4, 0.5) is 39.4 Å². The third-order valence-corrected chi connectivity index (χ3v) is 7.47. The summed E-state index contributed by atoms with van der Waals surface area (Å²) in [5, 5.41) is 14.1. The second kappa shape index (κ2) is 12.7. The second-order valence-corrected chi connectivity index (χ2v) is 10.4. The van der Waals surface area contributed by atoms with Crippen molar-refractivity contribution in [3.8, 4) is 11.5 Å². The fourth-order valence-electron chi connectivity index (χ4n) is 5.23. The highest BCUT2D eigenvalue weighted by atomic mass is 19.4. The van der Waals surface area contributed by atoms with Crippen molar-refractivity contribution in [2.24, 2.45) is 0 Å². The Labute approximate surface area is 244 Å². The minimum absolute atomic E-state index is 0.0992. The number of alkyl halides is 3. The molecule has 1 aromatic heterocycles. The number of nitrogens with one attached hydrogen (secondary N) is 1. The standard InChI is InChI=1S/C29H29F4N5O5/c30-19-1-6-24(7-2-19)43-28(39)37-13-11-36(12-14-37)22-16-25(18-34-17-22)42-23-8-3-20(4-9-23)35-21-5-10-27(38(40)41)26(15-21)29(31,32)33/h1-2,5-7,10,15-18,20,23,35H,3-4,8-9,11-14H2/t20-,23-. The summed E-state index contributed by atoms with van der Waals surface area (Å²) in [7, 11) is 0. The van der Waals surface area contributed by atoms with Gasteiger partial charge in [0.1, 0.15) is 22.9 Å². The first-order chi connectivity index (χ1) is 20.5. The summed E-state index contributed by atoms with van der Waals surface area (Å²) >= 11 is 0. The van der Waals surface area contributed by atoms with Gasteiger partial charge in [-0.1, -0.05) is 0 Å². The molecule has 1 saturated carbocycles. The molecule has 1 N–H and O–H groups in total. The van der Waals surface area contributed by atoms with Crippen LogP contribution in [0.1, 0.15) is 31.2 Å². The molecule has 0 radical (unpaired) electrons. The van der Waals surface area contributed by atoms with Gasteiger partial charge in [-0.3, -0.25) is 15.1 Å². The maximum absolute atomic E-state index is 13.3. The van der Waals surface area contributed by atoms with E-state index in [4.69, 9.17) is 9.47 Å². The van der Waals surface area contributed by atoms with Gasteiger partial charge in [0.15, 0.2) is 0 Å². The molecule has 10 nitrogen and oxygen atoms in total. The Hall–Kier alpha value is -4.62. The van der Waals surface area contributed by atoms with Crippen LogP contribution < -0.4 is 19.7 Å². The molecule has 43 heavy (non-hydrogen) atoms. The number of carbonyl (C=O) groups excluding carboxylic acids is 1. The maximum atomic E-state index is 13.3. The van der Waals surface area contributed by atoms with Gasteiger partial charge in [0, 0.05) is 50.0 Å². The Kier molecular flexibility index (Phi) is 8.83. The van der Waals surface area contributed by atoms with E-state index in [0.717, 1.165) is 17.8 Å². The molecule has 2 aromatic carbocycles. The van der Waals surface area contributed by atoms with Crippen LogP contribution in [0.15, 0.2) is 60.9 Å². The van der Waals surface area contributed by atoms with E-state index in [-0.39, 0.29) is 23.6 Å². The summed E-state index contributed by atoms with van der Waals surface area (Å²) in [6, 6.07) is 9.99. The first-order valence-electron chi connectivity index (χ1n) is 13.8. The van der Waals surface area contributed by atoms with Gasteiger partial charge in [0.25, 0.3) is 5.69 Å². The molecule has 0 spiro atoms. The number of nitro groups is 1. The molecule has 228 valence electrons. The van der Waals surface area contributed by atoms with Gasteiger partial charge in [-0.2, -0.15) is 13.2 Å². The van der Waals surface area contributed by atoms with Gasteiger partial charge < -0.3 is 24.6 Å². The Balaban J connectivity index is 1.10. The molecule has 1 aliphatic carbocycles. The third kappa shape index (κ3) is 7.62. The number of nitro benzene ring substituents is 1. The average Bonchev–Trinajstić information content (AvgIpc) is 2.99. The lowest BCUT2D eigenvalue weighted by Crippen LogP contribution is -2.49.